The molecular weight excluding hydrogens is 388 g/mol. The molecule has 0 saturated heterocycles. The molecule has 2 heterocycles. The van der Waals surface area contributed by atoms with E-state index in [4.69, 9.17) is 4.74 Å². The number of ether oxygens (including phenoxy) is 1. The molecular formula is C18H17BrN2O2S. The number of carbonyl (C=O) groups excluding carboxylic acids is 1. The molecule has 1 amide bonds. The number of benzene rings is 1. The summed E-state index contributed by atoms with van der Waals surface area (Å²) in [5, 5.41) is 2.84. The zero-order chi connectivity index (χ0) is 16.9. The van der Waals surface area contributed by atoms with Gasteiger partial charge in [0.1, 0.15) is 18.1 Å². The van der Waals surface area contributed by atoms with Crippen LogP contribution in [0.25, 0.3) is 10.2 Å². The van der Waals surface area contributed by atoms with Crippen LogP contribution >= 0.6 is 27.3 Å². The molecule has 4 nitrogen and oxygen atoms in total. The van der Waals surface area contributed by atoms with Crippen molar-refractivity contribution in [2.24, 2.45) is 0 Å². The number of halogens is 1. The first-order chi connectivity index (χ1) is 11.7. The number of nitrogens with zero attached hydrogens (tertiary/aromatic N) is 1. The van der Waals surface area contributed by atoms with Crippen LogP contribution in [0.5, 0.6) is 5.75 Å². The summed E-state index contributed by atoms with van der Waals surface area (Å²) < 4.78 is 9.89. The van der Waals surface area contributed by atoms with Crippen LogP contribution in [0.2, 0.25) is 0 Å². The van der Waals surface area contributed by atoms with Gasteiger partial charge in [0.2, 0.25) is 0 Å². The SMILES string of the molecule is C=CCNC(=O)c1cc2sc(Br)cc2n1CCOc1ccccc1. The summed E-state index contributed by atoms with van der Waals surface area (Å²) in [5.41, 5.74) is 1.68. The number of aromatic nitrogens is 1. The normalized spacial score (nSPS) is 10.7. The van der Waals surface area contributed by atoms with Crippen molar-refractivity contribution in [2.75, 3.05) is 13.2 Å². The first-order valence-corrected chi connectivity index (χ1v) is 9.15. The predicted molar refractivity (Wildman–Crippen MR) is 102 cm³/mol. The lowest BCUT2D eigenvalue weighted by atomic mass is 10.3. The molecule has 0 fully saturated rings. The number of rotatable bonds is 7. The summed E-state index contributed by atoms with van der Waals surface area (Å²) in [6, 6.07) is 13.6. The predicted octanol–water partition coefficient (Wildman–Crippen LogP) is 4.46. The van der Waals surface area contributed by atoms with Crippen molar-refractivity contribution in [1.82, 2.24) is 9.88 Å². The smallest absolute Gasteiger partial charge is 0.268 e. The highest BCUT2D eigenvalue weighted by Crippen LogP contribution is 2.32. The Labute approximate surface area is 152 Å². The summed E-state index contributed by atoms with van der Waals surface area (Å²) in [5.74, 6) is 0.721. The number of hydrogen-bond donors (Lipinski definition) is 1. The first-order valence-electron chi connectivity index (χ1n) is 7.54. The van der Waals surface area contributed by atoms with E-state index in [-0.39, 0.29) is 5.91 Å². The van der Waals surface area contributed by atoms with Crippen LogP contribution in [0.4, 0.5) is 0 Å². The van der Waals surface area contributed by atoms with Crippen LogP contribution in [-0.4, -0.2) is 23.6 Å². The number of hydrogen-bond acceptors (Lipinski definition) is 3. The number of para-hydroxylation sites is 1. The molecule has 0 spiro atoms. The molecule has 0 radical (unpaired) electrons. The maximum absolute atomic E-state index is 12.4. The molecule has 0 saturated carbocycles. The molecule has 2 aromatic heterocycles. The van der Waals surface area contributed by atoms with Gasteiger partial charge in [0, 0.05) is 6.54 Å². The second kappa shape index (κ2) is 7.68. The number of amides is 1. The van der Waals surface area contributed by atoms with E-state index in [0.29, 0.717) is 25.4 Å². The minimum absolute atomic E-state index is 0.103. The first kappa shape index (κ1) is 16.8. The van der Waals surface area contributed by atoms with Gasteiger partial charge in [0.05, 0.1) is 20.5 Å². The molecule has 0 aliphatic carbocycles. The van der Waals surface area contributed by atoms with E-state index >= 15 is 0 Å². The van der Waals surface area contributed by atoms with Crippen LogP contribution in [0, 0.1) is 0 Å². The van der Waals surface area contributed by atoms with Gasteiger partial charge in [-0.15, -0.1) is 17.9 Å². The molecule has 3 rings (SSSR count). The standard InChI is InChI=1S/C18H17BrN2O2S/c1-2-8-20-18(22)15-11-16-14(12-17(19)24-16)21(15)9-10-23-13-6-4-3-5-7-13/h2-7,11-12H,1,8-10H2,(H,20,22). The third kappa shape index (κ3) is 3.71. The molecule has 6 heteroatoms. The van der Waals surface area contributed by atoms with E-state index < -0.39 is 0 Å². The third-order valence-corrected chi connectivity index (χ3v) is 5.10. The third-order valence-electron chi connectivity index (χ3n) is 3.53. The van der Waals surface area contributed by atoms with E-state index in [1.165, 1.54) is 0 Å². The van der Waals surface area contributed by atoms with Crippen molar-refractivity contribution in [2.45, 2.75) is 6.54 Å². The Kier molecular flexibility index (Phi) is 5.37. The lowest BCUT2D eigenvalue weighted by Gasteiger charge is -2.11. The summed E-state index contributed by atoms with van der Waals surface area (Å²) in [7, 11) is 0. The van der Waals surface area contributed by atoms with Gasteiger partial charge in [-0.3, -0.25) is 4.79 Å². The van der Waals surface area contributed by atoms with E-state index in [2.05, 4.69) is 27.8 Å². The topological polar surface area (TPSA) is 43.3 Å². The fraction of sp³-hybridized carbons (Fsp3) is 0.167. The van der Waals surface area contributed by atoms with Gasteiger partial charge in [-0.25, -0.2) is 0 Å². The quantitative estimate of drug-likeness (QED) is 0.590. The molecule has 0 aliphatic heterocycles. The van der Waals surface area contributed by atoms with Crippen LogP contribution in [0.1, 0.15) is 10.5 Å². The molecule has 24 heavy (non-hydrogen) atoms. The van der Waals surface area contributed by atoms with E-state index in [1.807, 2.05) is 47.0 Å². The van der Waals surface area contributed by atoms with Crippen LogP contribution in [0.3, 0.4) is 0 Å². The Balaban J connectivity index is 1.80. The fourth-order valence-electron chi connectivity index (χ4n) is 2.47. The van der Waals surface area contributed by atoms with Crippen molar-refractivity contribution in [3.63, 3.8) is 0 Å². The minimum Gasteiger partial charge on any atom is -0.492 e. The maximum Gasteiger partial charge on any atom is 0.268 e. The highest BCUT2D eigenvalue weighted by molar-refractivity contribution is 9.11. The molecule has 3 aromatic rings. The number of fused-ring (bicyclic) bond motifs is 1. The number of thiophene rings is 1. The summed E-state index contributed by atoms with van der Waals surface area (Å²) in [6.07, 6.45) is 1.67. The van der Waals surface area contributed by atoms with Gasteiger partial charge in [0.25, 0.3) is 5.91 Å². The monoisotopic (exact) mass is 404 g/mol. The highest BCUT2D eigenvalue weighted by atomic mass is 79.9. The van der Waals surface area contributed by atoms with Crippen molar-refractivity contribution < 1.29 is 9.53 Å². The minimum atomic E-state index is -0.103. The van der Waals surface area contributed by atoms with Gasteiger partial charge >= 0.3 is 0 Å². The number of nitrogens with one attached hydrogen (secondary N) is 1. The van der Waals surface area contributed by atoms with Crippen LogP contribution in [-0.2, 0) is 6.54 Å². The Morgan fingerprint density at radius 2 is 2.12 bits per heavy atom. The zero-order valence-electron chi connectivity index (χ0n) is 13.0. The Hall–Kier alpha value is -2.05. The van der Waals surface area contributed by atoms with Gasteiger partial charge in [-0.2, -0.15) is 0 Å². The maximum atomic E-state index is 12.4. The molecule has 0 unspecified atom stereocenters. The van der Waals surface area contributed by atoms with E-state index in [0.717, 1.165) is 19.8 Å². The average Bonchev–Trinajstić information content (AvgIpc) is 3.10. The van der Waals surface area contributed by atoms with E-state index in [9.17, 15) is 4.79 Å². The fourth-order valence-corrected chi connectivity index (χ4v) is 4.03. The molecule has 124 valence electrons. The highest BCUT2D eigenvalue weighted by Gasteiger charge is 2.17. The molecule has 1 N–H and O–H groups in total. The Morgan fingerprint density at radius 3 is 2.88 bits per heavy atom. The Bertz CT molecular complexity index is 855. The van der Waals surface area contributed by atoms with Crippen LogP contribution in [0.15, 0.2) is 58.9 Å². The second-order valence-electron chi connectivity index (χ2n) is 5.14. The van der Waals surface area contributed by atoms with Crippen LogP contribution < -0.4 is 10.1 Å². The van der Waals surface area contributed by atoms with E-state index in [1.54, 1.807) is 17.4 Å². The van der Waals surface area contributed by atoms with Crippen molar-refractivity contribution >= 4 is 43.4 Å². The molecule has 0 bridgehead atoms. The molecule has 0 aliphatic rings. The summed E-state index contributed by atoms with van der Waals surface area (Å²) >= 11 is 5.12. The van der Waals surface area contributed by atoms with Gasteiger partial charge in [-0.05, 0) is 40.2 Å². The zero-order valence-corrected chi connectivity index (χ0v) is 15.4. The van der Waals surface area contributed by atoms with Gasteiger partial charge < -0.3 is 14.6 Å². The van der Waals surface area contributed by atoms with Crippen molar-refractivity contribution in [1.29, 1.82) is 0 Å². The molecule has 1 aromatic carbocycles. The number of carbonyl (C=O) groups is 1. The van der Waals surface area contributed by atoms with Gasteiger partial charge in [-0.1, -0.05) is 24.3 Å². The Morgan fingerprint density at radius 1 is 1.33 bits per heavy atom. The lowest BCUT2D eigenvalue weighted by Crippen LogP contribution is -2.26. The second-order valence-corrected chi connectivity index (χ2v) is 7.60. The van der Waals surface area contributed by atoms with Gasteiger partial charge in [0.15, 0.2) is 0 Å². The summed E-state index contributed by atoms with van der Waals surface area (Å²) in [4.78, 5) is 12.4. The van der Waals surface area contributed by atoms with Crippen molar-refractivity contribution in [3.05, 3.63) is 64.6 Å². The summed E-state index contributed by atoms with van der Waals surface area (Å²) in [6.45, 7) is 5.16. The van der Waals surface area contributed by atoms with Crippen molar-refractivity contribution in [3.8, 4) is 5.75 Å². The average molecular weight is 405 g/mol. The lowest BCUT2D eigenvalue weighted by molar-refractivity contribution is 0.0948. The largest absolute Gasteiger partial charge is 0.492 e. The molecule has 0 atom stereocenters.